The maximum atomic E-state index is 12.4. The number of hydrogen-bond donors (Lipinski definition) is 1. The summed E-state index contributed by atoms with van der Waals surface area (Å²) in [6, 6.07) is 9.98. The number of nitrogens with one attached hydrogen (secondary N) is 1. The Balaban J connectivity index is 1.81. The Bertz CT molecular complexity index is 1190. The minimum atomic E-state index is -0.663. The van der Waals surface area contributed by atoms with Crippen LogP contribution in [-0.4, -0.2) is 25.5 Å². The summed E-state index contributed by atoms with van der Waals surface area (Å²) in [6.07, 6.45) is 0. The zero-order valence-corrected chi connectivity index (χ0v) is 17.1. The van der Waals surface area contributed by atoms with Gasteiger partial charge in [0.25, 0.3) is 5.69 Å². The predicted octanol–water partition coefficient (Wildman–Crippen LogP) is 4.40. The molecular weight excluding hydrogens is 430 g/mol. The highest BCUT2D eigenvalue weighted by Crippen LogP contribution is 2.31. The third kappa shape index (κ3) is 5.34. The van der Waals surface area contributed by atoms with Gasteiger partial charge in [0.2, 0.25) is 5.91 Å². The third-order valence-corrected chi connectivity index (χ3v) is 4.62. The molecule has 12 heteroatoms. The lowest BCUT2D eigenvalue weighted by atomic mass is 10.2. The van der Waals surface area contributed by atoms with Crippen LogP contribution in [0.4, 0.5) is 17.2 Å². The predicted molar refractivity (Wildman–Crippen MR) is 112 cm³/mol. The van der Waals surface area contributed by atoms with E-state index >= 15 is 0 Å². The second kappa shape index (κ2) is 8.79. The summed E-state index contributed by atoms with van der Waals surface area (Å²) in [5.41, 5.74) is 1.02. The van der Waals surface area contributed by atoms with Gasteiger partial charge in [-0.1, -0.05) is 11.6 Å². The van der Waals surface area contributed by atoms with E-state index in [2.05, 4.69) is 10.4 Å². The monoisotopic (exact) mass is 445 g/mol. The van der Waals surface area contributed by atoms with Crippen molar-refractivity contribution in [2.45, 2.75) is 20.4 Å². The van der Waals surface area contributed by atoms with Crippen molar-refractivity contribution in [1.29, 1.82) is 0 Å². The Kier molecular flexibility index (Phi) is 6.16. The number of aryl methyl sites for hydroxylation is 2. The lowest BCUT2D eigenvalue weighted by Gasteiger charge is -2.10. The van der Waals surface area contributed by atoms with Gasteiger partial charge in [0.15, 0.2) is 0 Å². The first-order valence-electron chi connectivity index (χ1n) is 8.84. The molecule has 1 N–H and O–H groups in total. The van der Waals surface area contributed by atoms with Crippen LogP contribution in [-0.2, 0) is 11.3 Å². The smallest absolute Gasteiger partial charge is 0.390 e. The van der Waals surface area contributed by atoms with Crippen LogP contribution in [0.1, 0.15) is 11.3 Å². The first kappa shape index (κ1) is 21.7. The molecule has 1 amide bonds. The van der Waals surface area contributed by atoms with Crippen LogP contribution in [0, 0.1) is 34.1 Å². The van der Waals surface area contributed by atoms with Crippen molar-refractivity contribution in [2.24, 2.45) is 0 Å². The quantitative estimate of drug-likeness (QED) is 0.419. The first-order valence-corrected chi connectivity index (χ1v) is 9.22. The van der Waals surface area contributed by atoms with Gasteiger partial charge in [0.05, 0.1) is 33.5 Å². The maximum Gasteiger partial charge on any atom is 0.390 e. The number of benzene rings is 2. The van der Waals surface area contributed by atoms with Gasteiger partial charge in [-0.15, -0.1) is 0 Å². The lowest BCUT2D eigenvalue weighted by molar-refractivity contribution is -0.389. The number of amides is 1. The zero-order chi connectivity index (χ0) is 22.7. The van der Waals surface area contributed by atoms with Gasteiger partial charge in [-0.25, -0.2) is 0 Å². The van der Waals surface area contributed by atoms with Crippen LogP contribution in [0.2, 0.25) is 5.02 Å². The number of carbonyl (C=O) groups is 1. The molecule has 0 atom stereocenters. The molecule has 11 nitrogen and oxygen atoms in total. The van der Waals surface area contributed by atoms with Crippen LogP contribution >= 0.6 is 11.6 Å². The van der Waals surface area contributed by atoms with E-state index in [1.54, 1.807) is 32.0 Å². The van der Waals surface area contributed by atoms with E-state index in [1.807, 2.05) is 0 Å². The van der Waals surface area contributed by atoms with Crippen LogP contribution in [0.5, 0.6) is 11.5 Å². The second-order valence-corrected chi connectivity index (χ2v) is 7.00. The summed E-state index contributed by atoms with van der Waals surface area (Å²) in [7, 11) is 0. The van der Waals surface area contributed by atoms with E-state index in [9.17, 15) is 25.0 Å². The number of nitro benzene ring substituents is 1. The van der Waals surface area contributed by atoms with Crippen molar-refractivity contribution in [1.82, 2.24) is 9.78 Å². The van der Waals surface area contributed by atoms with Crippen molar-refractivity contribution in [3.8, 4) is 11.5 Å². The van der Waals surface area contributed by atoms with E-state index < -0.39 is 15.8 Å². The maximum absolute atomic E-state index is 12.4. The average molecular weight is 446 g/mol. The molecule has 3 rings (SSSR count). The van der Waals surface area contributed by atoms with E-state index in [0.29, 0.717) is 16.5 Å². The van der Waals surface area contributed by atoms with Gasteiger partial charge < -0.3 is 20.2 Å². The molecule has 0 fully saturated rings. The minimum absolute atomic E-state index is 0.124. The van der Waals surface area contributed by atoms with Crippen molar-refractivity contribution in [3.05, 3.63) is 79.0 Å². The minimum Gasteiger partial charge on any atom is -0.457 e. The van der Waals surface area contributed by atoms with Gasteiger partial charge >= 0.3 is 5.82 Å². The molecule has 31 heavy (non-hydrogen) atoms. The lowest BCUT2D eigenvalue weighted by Crippen LogP contribution is -2.20. The third-order valence-electron chi connectivity index (χ3n) is 4.20. The number of carbonyl (C=O) groups excluding carboxylic acids is 1. The molecule has 0 unspecified atom stereocenters. The van der Waals surface area contributed by atoms with Gasteiger partial charge in [-0.05, 0) is 42.5 Å². The van der Waals surface area contributed by atoms with E-state index in [4.69, 9.17) is 16.3 Å². The van der Waals surface area contributed by atoms with Crippen LogP contribution in [0.15, 0.2) is 42.5 Å². The molecule has 1 heterocycles. The van der Waals surface area contributed by atoms with Crippen molar-refractivity contribution < 1.29 is 19.4 Å². The van der Waals surface area contributed by atoms with Crippen molar-refractivity contribution >= 4 is 34.7 Å². The largest absolute Gasteiger partial charge is 0.457 e. The molecule has 160 valence electrons. The van der Waals surface area contributed by atoms with E-state index in [1.165, 1.54) is 28.9 Å². The normalized spacial score (nSPS) is 10.5. The highest BCUT2D eigenvalue weighted by molar-refractivity contribution is 6.31. The highest BCUT2D eigenvalue weighted by Gasteiger charge is 2.19. The summed E-state index contributed by atoms with van der Waals surface area (Å²) >= 11 is 5.99. The standard InChI is InChI=1S/C19H16ClN5O6/c1-11-5-15(3-4-17(11)20)31-16-8-13(7-14(9-16)24(27)28)21-19(26)10-23-12(2)6-18(22-23)25(29)30/h3-9H,10H2,1-2H3,(H,21,26). The number of hydrogen-bond acceptors (Lipinski definition) is 7. The number of ether oxygens (including phenoxy) is 1. The van der Waals surface area contributed by atoms with Crippen molar-refractivity contribution in [3.63, 3.8) is 0 Å². The van der Waals surface area contributed by atoms with Crippen LogP contribution in [0.3, 0.4) is 0 Å². The van der Waals surface area contributed by atoms with Crippen LogP contribution < -0.4 is 10.1 Å². The Morgan fingerprint density at radius 2 is 1.84 bits per heavy atom. The summed E-state index contributed by atoms with van der Waals surface area (Å²) < 4.78 is 6.85. The topological polar surface area (TPSA) is 142 Å². The van der Waals surface area contributed by atoms with E-state index in [-0.39, 0.29) is 29.5 Å². The van der Waals surface area contributed by atoms with Crippen molar-refractivity contribution in [2.75, 3.05) is 5.32 Å². The molecule has 0 spiro atoms. The summed E-state index contributed by atoms with van der Waals surface area (Å²) in [5.74, 6) is -0.402. The molecular formula is C19H16ClN5O6. The number of non-ortho nitro benzene ring substituents is 1. The fourth-order valence-corrected chi connectivity index (χ4v) is 2.83. The number of anilines is 1. The average Bonchev–Trinajstić information content (AvgIpc) is 3.05. The zero-order valence-electron chi connectivity index (χ0n) is 16.4. The fraction of sp³-hybridized carbons (Fsp3) is 0.158. The fourth-order valence-electron chi connectivity index (χ4n) is 2.72. The van der Waals surface area contributed by atoms with Gasteiger partial charge in [0, 0.05) is 17.2 Å². The van der Waals surface area contributed by atoms with Crippen LogP contribution in [0.25, 0.3) is 0 Å². The second-order valence-electron chi connectivity index (χ2n) is 6.59. The molecule has 2 aromatic carbocycles. The van der Waals surface area contributed by atoms with E-state index in [0.717, 1.165) is 5.56 Å². The van der Waals surface area contributed by atoms with Gasteiger partial charge in [-0.3, -0.25) is 14.9 Å². The molecule has 0 saturated carbocycles. The summed E-state index contributed by atoms with van der Waals surface area (Å²) in [6.45, 7) is 3.05. The number of halogens is 1. The van der Waals surface area contributed by atoms with Gasteiger partial charge in [0.1, 0.15) is 18.0 Å². The molecule has 0 saturated heterocycles. The molecule has 0 radical (unpaired) electrons. The molecule has 0 aliphatic rings. The van der Waals surface area contributed by atoms with Gasteiger partial charge in [-0.2, -0.15) is 4.68 Å². The number of nitro groups is 2. The summed E-state index contributed by atoms with van der Waals surface area (Å²) in [4.78, 5) is 33.2. The Morgan fingerprint density at radius 3 is 2.45 bits per heavy atom. The Labute approximate surface area is 180 Å². The molecule has 0 aliphatic heterocycles. The first-order chi connectivity index (χ1) is 14.6. The molecule has 0 aliphatic carbocycles. The number of aromatic nitrogens is 2. The highest BCUT2D eigenvalue weighted by atomic mass is 35.5. The number of rotatable bonds is 7. The SMILES string of the molecule is Cc1cc(Oc2cc(NC(=O)Cn3nc([N+](=O)[O-])cc3C)cc([N+](=O)[O-])c2)ccc1Cl. The molecule has 3 aromatic rings. The summed E-state index contributed by atoms with van der Waals surface area (Å²) in [5, 5.41) is 28.9. The Hall–Kier alpha value is -3.99. The Morgan fingerprint density at radius 1 is 1.10 bits per heavy atom. The number of nitrogens with zero attached hydrogens (tertiary/aromatic N) is 4. The molecule has 0 bridgehead atoms. The molecule has 1 aromatic heterocycles.